The summed E-state index contributed by atoms with van der Waals surface area (Å²) < 4.78 is 0. The number of nitrogen functional groups attached to an aromatic ring is 1. The third kappa shape index (κ3) is 4.15. The van der Waals surface area contributed by atoms with Gasteiger partial charge in [0.25, 0.3) is 0 Å². The van der Waals surface area contributed by atoms with Gasteiger partial charge in [-0.1, -0.05) is 36.3 Å². The van der Waals surface area contributed by atoms with E-state index in [1.54, 1.807) is 0 Å². The Bertz CT molecular complexity index is 904. The minimum absolute atomic E-state index is 0.478. The van der Waals surface area contributed by atoms with E-state index in [2.05, 4.69) is 38.8 Å². The van der Waals surface area contributed by atoms with Crippen LogP contribution in [0.2, 0.25) is 0 Å². The van der Waals surface area contributed by atoms with Crippen molar-refractivity contribution in [2.45, 2.75) is 6.42 Å². The Morgan fingerprint density at radius 1 is 0.920 bits per heavy atom. The highest BCUT2D eigenvalue weighted by molar-refractivity contribution is 5.54. The zero-order valence-corrected chi connectivity index (χ0v) is 14.4. The zero-order valence-electron chi connectivity index (χ0n) is 14.4. The number of hydrogen-bond donors (Lipinski definition) is 1. The summed E-state index contributed by atoms with van der Waals surface area (Å²) in [7, 11) is 4.03. The molecule has 0 fully saturated rings. The fourth-order valence-electron chi connectivity index (χ4n) is 2.48. The van der Waals surface area contributed by atoms with Gasteiger partial charge in [0.1, 0.15) is 17.8 Å². The molecule has 0 aliphatic rings. The second-order valence-electron chi connectivity index (χ2n) is 5.94. The van der Waals surface area contributed by atoms with Gasteiger partial charge in [-0.05, 0) is 35.7 Å². The average Bonchev–Trinajstić information content (AvgIpc) is 2.63. The summed E-state index contributed by atoms with van der Waals surface area (Å²) in [5.41, 5.74) is 10.8. The van der Waals surface area contributed by atoms with Gasteiger partial charge in [0.15, 0.2) is 0 Å². The highest BCUT2D eigenvalue weighted by Gasteiger charge is 2.08. The van der Waals surface area contributed by atoms with E-state index < -0.39 is 0 Å². The quantitative estimate of drug-likeness (QED) is 0.751. The number of nitrogens with two attached hydrogens (primary N) is 1. The maximum absolute atomic E-state index is 6.07. The second-order valence-corrected chi connectivity index (χ2v) is 5.94. The van der Waals surface area contributed by atoms with Crippen LogP contribution in [0.5, 0.6) is 0 Å². The minimum Gasteiger partial charge on any atom is -0.383 e. The summed E-state index contributed by atoms with van der Waals surface area (Å²) in [4.78, 5) is 10.5. The Labute approximate surface area is 148 Å². The molecule has 0 bridgehead atoms. The standard InChI is InChI=1S/C21H20N4/c1-25(2)18-11-8-16(9-12-18)10-13-20-19(21(22)24-15-23-20)14-17-6-4-3-5-7-17/h3-9,11-12,15H,14H2,1-2H3,(H2,22,23,24). The molecule has 0 saturated carbocycles. The van der Waals surface area contributed by atoms with Crippen LogP contribution < -0.4 is 10.6 Å². The molecular formula is C21H20N4. The first-order valence-electron chi connectivity index (χ1n) is 8.06. The van der Waals surface area contributed by atoms with Crippen molar-refractivity contribution in [2.75, 3.05) is 24.7 Å². The van der Waals surface area contributed by atoms with Crippen LogP contribution >= 0.6 is 0 Å². The van der Waals surface area contributed by atoms with Crippen molar-refractivity contribution < 1.29 is 0 Å². The molecule has 124 valence electrons. The highest BCUT2D eigenvalue weighted by atomic mass is 15.1. The topological polar surface area (TPSA) is 55.0 Å². The molecule has 0 amide bonds. The second kappa shape index (κ2) is 7.50. The third-order valence-corrected chi connectivity index (χ3v) is 3.91. The molecular weight excluding hydrogens is 308 g/mol. The van der Waals surface area contributed by atoms with Crippen molar-refractivity contribution >= 4 is 11.5 Å². The highest BCUT2D eigenvalue weighted by Crippen LogP contribution is 2.17. The third-order valence-electron chi connectivity index (χ3n) is 3.91. The van der Waals surface area contributed by atoms with Crippen LogP contribution in [-0.4, -0.2) is 24.1 Å². The van der Waals surface area contributed by atoms with Crippen LogP contribution in [-0.2, 0) is 6.42 Å². The number of hydrogen-bond acceptors (Lipinski definition) is 4. The van der Waals surface area contributed by atoms with E-state index in [9.17, 15) is 0 Å². The van der Waals surface area contributed by atoms with Crippen molar-refractivity contribution in [3.05, 3.63) is 83.3 Å². The number of rotatable bonds is 3. The Kier molecular flexibility index (Phi) is 4.96. The molecule has 2 aromatic carbocycles. The number of benzene rings is 2. The first-order chi connectivity index (χ1) is 12.1. The molecule has 4 nitrogen and oxygen atoms in total. The molecule has 4 heteroatoms. The molecule has 0 unspecified atom stereocenters. The lowest BCUT2D eigenvalue weighted by atomic mass is 10.0. The van der Waals surface area contributed by atoms with Gasteiger partial charge < -0.3 is 10.6 Å². The lowest BCUT2D eigenvalue weighted by Crippen LogP contribution is -2.07. The zero-order chi connectivity index (χ0) is 17.6. The van der Waals surface area contributed by atoms with E-state index in [1.807, 2.05) is 56.6 Å². The van der Waals surface area contributed by atoms with Crippen LogP contribution in [0.3, 0.4) is 0 Å². The van der Waals surface area contributed by atoms with Gasteiger partial charge >= 0.3 is 0 Å². The predicted octanol–water partition coefficient (Wildman–Crippen LogP) is 3.12. The van der Waals surface area contributed by atoms with Crippen LogP contribution in [0.15, 0.2) is 60.9 Å². The number of nitrogens with zero attached hydrogens (tertiary/aromatic N) is 3. The summed E-state index contributed by atoms with van der Waals surface area (Å²) in [6.45, 7) is 0. The van der Waals surface area contributed by atoms with Gasteiger partial charge in [-0.2, -0.15) is 0 Å². The molecule has 3 aromatic rings. The van der Waals surface area contributed by atoms with Crippen molar-refractivity contribution in [3.63, 3.8) is 0 Å². The van der Waals surface area contributed by atoms with Gasteiger partial charge in [-0.3, -0.25) is 0 Å². The van der Waals surface area contributed by atoms with E-state index in [-0.39, 0.29) is 0 Å². The molecule has 1 heterocycles. The molecule has 25 heavy (non-hydrogen) atoms. The van der Waals surface area contributed by atoms with Crippen LogP contribution in [0.4, 0.5) is 11.5 Å². The van der Waals surface area contributed by atoms with E-state index in [4.69, 9.17) is 5.73 Å². The Balaban J connectivity index is 1.89. The van der Waals surface area contributed by atoms with Crippen molar-refractivity contribution in [3.8, 4) is 11.8 Å². The van der Waals surface area contributed by atoms with Crippen LogP contribution in [0.25, 0.3) is 0 Å². The van der Waals surface area contributed by atoms with E-state index in [0.29, 0.717) is 17.9 Å². The fraction of sp³-hybridized carbons (Fsp3) is 0.143. The van der Waals surface area contributed by atoms with Crippen molar-refractivity contribution in [1.29, 1.82) is 0 Å². The largest absolute Gasteiger partial charge is 0.383 e. The number of aromatic nitrogens is 2. The first kappa shape index (κ1) is 16.5. The maximum Gasteiger partial charge on any atom is 0.131 e. The monoisotopic (exact) mass is 328 g/mol. The van der Waals surface area contributed by atoms with Gasteiger partial charge in [0, 0.05) is 37.3 Å². The molecule has 0 saturated heterocycles. The Hall–Kier alpha value is -3.32. The molecule has 0 atom stereocenters. The summed E-state index contributed by atoms with van der Waals surface area (Å²) in [5, 5.41) is 0. The maximum atomic E-state index is 6.07. The van der Waals surface area contributed by atoms with E-state index >= 15 is 0 Å². The molecule has 2 N–H and O–H groups in total. The predicted molar refractivity (Wildman–Crippen MR) is 102 cm³/mol. The molecule has 1 aromatic heterocycles. The van der Waals surface area contributed by atoms with E-state index in [0.717, 1.165) is 22.4 Å². The van der Waals surface area contributed by atoms with Crippen LogP contribution in [0.1, 0.15) is 22.4 Å². The molecule has 0 radical (unpaired) electrons. The average molecular weight is 328 g/mol. The Morgan fingerprint density at radius 3 is 2.32 bits per heavy atom. The summed E-state index contributed by atoms with van der Waals surface area (Å²) in [5.74, 6) is 6.79. The van der Waals surface area contributed by atoms with Gasteiger partial charge in [-0.25, -0.2) is 9.97 Å². The molecule has 0 aliphatic carbocycles. The lowest BCUT2D eigenvalue weighted by Gasteiger charge is -2.11. The molecule has 0 aliphatic heterocycles. The summed E-state index contributed by atoms with van der Waals surface area (Å²) in [6.07, 6.45) is 2.13. The van der Waals surface area contributed by atoms with Crippen molar-refractivity contribution in [2.24, 2.45) is 0 Å². The molecule has 3 rings (SSSR count). The lowest BCUT2D eigenvalue weighted by molar-refractivity contribution is 1.06. The Morgan fingerprint density at radius 2 is 1.64 bits per heavy atom. The SMILES string of the molecule is CN(C)c1ccc(C#Cc2ncnc(N)c2Cc2ccccc2)cc1. The summed E-state index contributed by atoms with van der Waals surface area (Å²) >= 11 is 0. The van der Waals surface area contributed by atoms with Gasteiger partial charge in [-0.15, -0.1) is 0 Å². The summed E-state index contributed by atoms with van der Waals surface area (Å²) in [6, 6.07) is 18.2. The van der Waals surface area contributed by atoms with Crippen LogP contribution in [0, 0.1) is 11.8 Å². The first-order valence-corrected chi connectivity index (χ1v) is 8.06. The fourth-order valence-corrected chi connectivity index (χ4v) is 2.48. The van der Waals surface area contributed by atoms with Gasteiger partial charge in [0.2, 0.25) is 0 Å². The van der Waals surface area contributed by atoms with E-state index in [1.165, 1.54) is 6.33 Å². The number of anilines is 2. The normalized spacial score (nSPS) is 10.0. The van der Waals surface area contributed by atoms with Crippen molar-refractivity contribution in [1.82, 2.24) is 9.97 Å². The molecule has 0 spiro atoms. The van der Waals surface area contributed by atoms with Gasteiger partial charge in [0.05, 0.1) is 0 Å². The smallest absolute Gasteiger partial charge is 0.131 e. The minimum atomic E-state index is 0.478.